The predicted molar refractivity (Wildman–Crippen MR) is 171 cm³/mol. The van der Waals surface area contributed by atoms with Crippen LogP contribution in [-0.4, -0.2) is 31.3 Å². The van der Waals surface area contributed by atoms with Crippen LogP contribution in [0, 0.1) is 0 Å². The van der Waals surface area contributed by atoms with Crippen molar-refractivity contribution in [1.82, 2.24) is 4.98 Å². The Hall–Kier alpha value is -3.58. The van der Waals surface area contributed by atoms with Crippen molar-refractivity contribution in [2.45, 2.75) is 0 Å². The fourth-order valence-corrected chi connectivity index (χ4v) is 6.36. The van der Waals surface area contributed by atoms with Gasteiger partial charge in [-0.1, -0.05) is 92.5 Å². The van der Waals surface area contributed by atoms with Crippen molar-refractivity contribution in [3.05, 3.63) is 112 Å². The Morgan fingerprint density at radius 1 is 0.675 bits per heavy atom. The van der Waals surface area contributed by atoms with Crippen LogP contribution in [0.25, 0.3) is 55.3 Å². The first kappa shape index (κ1) is 25.4. The number of halogens is 2. The summed E-state index contributed by atoms with van der Waals surface area (Å²) in [5, 5.41) is 2.26. The molecule has 1 aliphatic heterocycles. The Morgan fingerprint density at radius 2 is 1.32 bits per heavy atom. The molecule has 0 amide bonds. The van der Waals surface area contributed by atoms with Gasteiger partial charge in [0.05, 0.1) is 30.0 Å². The molecule has 4 nitrogen and oxygen atoms in total. The van der Waals surface area contributed by atoms with Gasteiger partial charge in [-0.2, -0.15) is 0 Å². The molecule has 1 aliphatic rings. The minimum atomic E-state index is 0.695. The fraction of sp³-hybridized carbons (Fsp3) is 0.118. The quantitative estimate of drug-likeness (QED) is 0.192. The maximum atomic E-state index is 5.75. The summed E-state index contributed by atoms with van der Waals surface area (Å²) in [6.45, 7) is 3.01. The van der Waals surface area contributed by atoms with Gasteiger partial charge in [-0.15, -0.1) is 0 Å². The van der Waals surface area contributed by atoms with Crippen LogP contribution in [0.5, 0.6) is 0 Å². The number of morpholine rings is 1. The molecule has 0 aliphatic carbocycles. The molecular formula is C34H26Br2N3O+. The second-order valence-corrected chi connectivity index (χ2v) is 11.8. The van der Waals surface area contributed by atoms with E-state index in [0.29, 0.717) is 13.2 Å². The standard InChI is InChI=1S/C34H25Br2N3O/c35-24-11-13-29-27(19-24)26(22-7-3-1-4-8-22)21-31(37-29)33-32(23-9-5-2-6-10-23)28-20-25(36)12-14-30(28)38-34(33)39-15-17-40-18-16-39/h1-14,19-21H,15-18H2/p+1. The molecular weight excluding hydrogens is 626 g/mol. The van der Waals surface area contributed by atoms with Gasteiger partial charge in [0.1, 0.15) is 18.6 Å². The highest BCUT2D eigenvalue weighted by Gasteiger charge is 2.30. The van der Waals surface area contributed by atoms with Gasteiger partial charge in [-0.05, 0) is 59.2 Å². The Balaban J connectivity index is 1.62. The molecule has 1 saturated heterocycles. The number of nitrogens with one attached hydrogen (secondary N) is 1. The van der Waals surface area contributed by atoms with E-state index in [1.54, 1.807) is 0 Å². The lowest BCUT2D eigenvalue weighted by atomic mass is 9.91. The highest BCUT2D eigenvalue weighted by atomic mass is 79.9. The van der Waals surface area contributed by atoms with Crippen molar-refractivity contribution in [2.75, 3.05) is 31.2 Å². The minimum Gasteiger partial charge on any atom is -0.373 e. The average molecular weight is 652 g/mol. The molecule has 0 unspecified atom stereocenters. The maximum Gasteiger partial charge on any atom is 0.285 e. The molecule has 7 rings (SSSR count). The van der Waals surface area contributed by atoms with Crippen molar-refractivity contribution in [3.8, 4) is 33.5 Å². The van der Waals surface area contributed by atoms with E-state index in [4.69, 9.17) is 9.72 Å². The molecule has 40 heavy (non-hydrogen) atoms. The summed E-state index contributed by atoms with van der Waals surface area (Å²) in [5.41, 5.74) is 8.72. The minimum absolute atomic E-state index is 0.695. The first-order valence-electron chi connectivity index (χ1n) is 13.4. The van der Waals surface area contributed by atoms with Crippen LogP contribution < -0.4 is 9.88 Å². The first-order chi connectivity index (χ1) is 19.7. The van der Waals surface area contributed by atoms with Gasteiger partial charge in [0.2, 0.25) is 0 Å². The molecule has 1 fully saturated rings. The van der Waals surface area contributed by atoms with E-state index < -0.39 is 0 Å². The van der Waals surface area contributed by atoms with E-state index in [1.165, 1.54) is 5.56 Å². The zero-order valence-electron chi connectivity index (χ0n) is 21.7. The molecule has 0 saturated carbocycles. The zero-order valence-corrected chi connectivity index (χ0v) is 24.9. The topological polar surface area (TPSA) is 39.5 Å². The summed E-state index contributed by atoms with van der Waals surface area (Å²) >= 11 is 7.42. The molecule has 4 aromatic carbocycles. The summed E-state index contributed by atoms with van der Waals surface area (Å²) in [5.74, 6) is 1.07. The van der Waals surface area contributed by atoms with Crippen LogP contribution in [0.4, 0.5) is 5.82 Å². The van der Waals surface area contributed by atoms with Crippen molar-refractivity contribution < 1.29 is 9.72 Å². The third-order valence-corrected chi connectivity index (χ3v) is 8.48. The molecule has 196 valence electrons. The predicted octanol–water partition coefficient (Wildman–Crippen LogP) is 8.56. The second-order valence-electron chi connectivity index (χ2n) is 9.96. The smallest absolute Gasteiger partial charge is 0.285 e. The summed E-state index contributed by atoms with van der Waals surface area (Å²) < 4.78 is 7.82. The van der Waals surface area contributed by atoms with Crippen molar-refractivity contribution in [3.63, 3.8) is 0 Å². The van der Waals surface area contributed by atoms with Crippen LogP contribution in [0.15, 0.2) is 112 Å². The lowest BCUT2D eigenvalue weighted by Gasteiger charge is -2.25. The molecule has 0 spiro atoms. The average Bonchev–Trinajstić information content (AvgIpc) is 3.01. The lowest BCUT2D eigenvalue weighted by Crippen LogP contribution is -2.40. The van der Waals surface area contributed by atoms with E-state index in [-0.39, 0.29) is 0 Å². The molecule has 6 aromatic rings. The van der Waals surface area contributed by atoms with E-state index in [2.05, 4.69) is 145 Å². The van der Waals surface area contributed by atoms with E-state index in [1.807, 2.05) is 0 Å². The van der Waals surface area contributed by atoms with Gasteiger partial charge in [0.15, 0.2) is 0 Å². The third kappa shape index (κ3) is 4.70. The molecule has 0 atom stereocenters. The van der Waals surface area contributed by atoms with Crippen LogP contribution >= 0.6 is 31.9 Å². The van der Waals surface area contributed by atoms with Crippen molar-refractivity contribution >= 4 is 59.5 Å². The monoisotopic (exact) mass is 650 g/mol. The van der Waals surface area contributed by atoms with Gasteiger partial charge in [0.25, 0.3) is 5.82 Å². The molecule has 1 N–H and O–H groups in total. The van der Waals surface area contributed by atoms with Crippen LogP contribution in [0.1, 0.15) is 0 Å². The lowest BCUT2D eigenvalue weighted by molar-refractivity contribution is -0.330. The van der Waals surface area contributed by atoms with Gasteiger partial charge >= 0.3 is 0 Å². The van der Waals surface area contributed by atoms with E-state index in [9.17, 15) is 0 Å². The third-order valence-electron chi connectivity index (χ3n) is 7.49. The Morgan fingerprint density at radius 3 is 2.05 bits per heavy atom. The van der Waals surface area contributed by atoms with Gasteiger partial charge in [-0.25, -0.2) is 9.97 Å². The first-order valence-corrected chi connectivity index (χ1v) is 15.0. The largest absolute Gasteiger partial charge is 0.373 e. The fourth-order valence-electron chi connectivity index (χ4n) is 5.64. The molecule has 3 heterocycles. The van der Waals surface area contributed by atoms with Crippen molar-refractivity contribution in [2.24, 2.45) is 0 Å². The number of aromatic nitrogens is 2. The number of rotatable bonds is 4. The summed E-state index contributed by atoms with van der Waals surface area (Å²) in [7, 11) is 0. The van der Waals surface area contributed by atoms with Crippen LogP contribution in [0.3, 0.4) is 0 Å². The summed E-state index contributed by atoms with van der Waals surface area (Å²) in [6.07, 6.45) is 0. The number of pyridine rings is 2. The Kier molecular flexibility index (Phi) is 6.84. The number of fused-ring (bicyclic) bond motifs is 2. The molecule has 6 heteroatoms. The molecule has 2 aromatic heterocycles. The van der Waals surface area contributed by atoms with Gasteiger partial charge in [-0.3, -0.25) is 4.90 Å². The Labute approximate surface area is 249 Å². The number of H-pyrrole nitrogens is 1. The van der Waals surface area contributed by atoms with Crippen molar-refractivity contribution in [1.29, 1.82) is 0 Å². The Bertz CT molecular complexity index is 1850. The zero-order chi connectivity index (χ0) is 27.1. The van der Waals surface area contributed by atoms with Gasteiger partial charge in [0, 0.05) is 25.3 Å². The second kappa shape index (κ2) is 10.8. The van der Waals surface area contributed by atoms with E-state index >= 15 is 0 Å². The molecule has 0 radical (unpaired) electrons. The number of hydrogen-bond acceptors (Lipinski definition) is 3. The highest BCUT2D eigenvalue weighted by molar-refractivity contribution is 9.10. The summed E-state index contributed by atoms with van der Waals surface area (Å²) in [4.78, 5) is 11.6. The number of aromatic amines is 1. The maximum absolute atomic E-state index is 5.75. The van der Waals surface area contributed by atoms with E-state index in [0.717, 1.165) is 77.6 Å². The number of benzene rings is 4. The number of nitrogens with zero attached hydrogens (tertiary/aromatic N) is 2. The number of hydrogen-bond donors (Lipinski definition) is 0. The normalized spacial score (nSPS) is 13.7. The van der Waals surface area contributed by atoms with Gasteiger partial charge < -0.3 is 4.74 Å². The number of ether oxygens (including phenoxy) is 1. The van der Waals surface area contributed by atoms with Crippen LogP contribution in [-0.2, 0) is 4.74 Å². The van der Waals surface area contributed by atoms with Crippen LogP contribution in [0.2, 0.25) is 0 Å². The number of anilines is 1. The highest BCUT2D eigenvalue weighted by Crippen LogP contribution is 2.43. The summed E-state index contributed by atoms with van der Waals surface area (Å²) in [6, 6.07) is 36.3. The molecule has 0 bridgehead atoms. The SMILES string of the molecule is Brc1ccc2nc(-c3c(N4CCOCC4)[nH+]c4ccc(Br)cc4c3-c3ccccc3)cc(-c3ccccc3)c2c1.